The smallest absolute Gasteiger partial charge is 0.280 e. The molecule has 40 heavy (non-hydrogen) atoms. The molecule has 7 heteroatoms. The summed E-state index contributed by atoms with van der Waals surface area (Å²) in [5.41, 5.74) is 0.563. The fourth-order valence-corrected chi connectivity index (χ4v) is 5.87. The number of aromatic nitrogens is 1. The van der Waals surface area contributed by atoms with Gasteiger partial charge in [0.2, 0.25) is 5.95 Å². The Bertz CT molecular complexity index is 1060. The Morgan fingerprint density at radius 1 is 0.900 bits per heavy atom. The van der Waals surface area contributed by atoms with E-state index in [9.17, 15) is 8.78 Å². The summed E-state index contributed by atoms with van der Waals surface area (Å²) < 4.78 is 78.7. The van der Waals surface area contributed by atoms with E-state index in [0.29, 0.717) is 42.6 Å². The van der Waals surface area contributed by atoms with Gasteiger partial charge in [-0.2, -0.15) is 4.39 Å². The maximum absolute atomic E-state index is 15.4. The van der Waals surface area contributed by atoms with Gasteiger partial charge in [0.25, 0.3) is 5.92 Å². The average molecular weight is 566 g/mol. The zero-order chi connectivity index (χ0) is 28.5. The fourth-order valence-electron chi connectivity index (χ4n) is 5.87. The van der Waals surface area contributed by atoms with E-state index in [1.54, 1.807) is 37.3 Å². The maximum atomic E-state index is 15.4. The average Bonchev–Trinajstić information content (AvgIpc) is 3.76. The largest absolute Gasteiger partial charge is 0.490 e. The molecule has 2 aliphatic rings. The number of halogens is 5. The van der Waals surface area contributed by atoms with E-state index in [1.165, 1.54) is 38.5 Å². The summed E-state index contributed by atoms with van der Waals surface area (Å²) in [5.74, 6) is -3.88. The van der Waals surface area contributed by atoms with E-state index >= 15 is 13.2 Å². The lowest BCUT2D eigenvalue weighted by Gasteiger charge is -2.33. The van der Waals surface area contributed by atoms with E-state index in [2.05, 4.69) is 4.98 Å². The van der Waals surface area contributed by atoms with Crippen LogP contribution in [0.25, 0.3) is 11.3 Å². The quantitative estimate of drug-likeness (QED) is 0.108. The first-order valence-corrected chi connectivity index (χ1v) is 15.4. The van der Waals surface area contributed by atoms with Gasteiger partial charge in [0.15, 0.2) is 6.17 Å². The Balaban J connectivity index is 1.27. The highest BCUT2D eigenvalue weighted by molar-refractivity contribution is 5.62. The van der Waals surface area contributed by atoms with Crippen LogP contribution in [-0.2, 0) is 12.3 Å². The third-order valence-electron chi connectivity index (χ3n) is 8.54. The van der Waals surface area contributed by atoms with Crippen molar-refractivity contribution in [2.75, 3.05) is 6.61 Å². The summed E-state index contributed by atoms with van der Waals surface area (Å²) in [4.78, 5) is 3.90. The molecule has 2 aromatic rings. The molecule has 0 bridgehead atoms. The van der Waals surface area contributed by atoms with Gasteiger partial charge in [0, 0.05) is 11.5 Å². The molecular weight excluding hydrogens is 521 g/mol. The van der Waals surface area contributed by atoms with Crippen molar-refractivity contribution >= 4 is 0 Å². The zero-order valence-electron chi connectivity index (χ0n) is 23.8. The Labute approximate surface area is 236 Å². The molecule has 0 N–H and O–H groups in total. The molecule has 3 atom stereocenters. The lowest BCUT2D eigenvalue weighted by Crippen LogP contribution is -2.33. The number of hydrogen-bond acceptors (Lipinski definition) is 2. The highest BCUT2D eigenvalue weighted by atomic mass is 19.3. The maximum Gasteiger partial charge on any atom is 0.280 e. The number of ether oxygens (including phenoxy) is 1. The van der Waals surface area contributed by atoms with E-state index in [4.69, 9.17) is 4.74 Å². The van der Waals surface area contributed by atoms with Crippen molar-refractivity contribution in [1.82, 2.24) is 4.98 Å². The Hall–Kier alpha value is -2.18. The zero-order valence-corrected chi connectivity index (χ0v) is 23.8. The minimum atomic E-state index is -3.24. The Kier molecular flexibility index (Phi) is 11.3. The molecule has 0 spiro atoms. The van der Waals surface area contributed by atoms with Crippen LogP contribution in [0.15, 0.2) is 30.3 Å². The fraction of sp³-hybridized carbons (Fsp3) is 0.667. The van der Waals surface area contributed by atoms with E-state index in [0.717, 1.165) is 31.6 Å². The highest BCUT2D eigenvalue weighted by Gasteiger charge is 2.47. The molecule has 0 amide bonds. The number of benzene rings is 1. The number of pyridine rings is 1. The number of unbranched alkanes of at least 4 members (excludes halogenated alkanes) is 6. The van der Waals surface area contributed by atoms with Crippen LogP contribution in [0.5, 0.6) is 5.75 Å². The van der Waals surface area contributed by atoms with Crippen LogP contribution in [0.1, 0.15) is 108 Å². The molecule has 0 saturated heterocycles. The van der Waals surface area contributed by atoms with Crippen molar-refractivity contribution < 1.29 is 26.7 Å². The van der Waals surface area contributed by atoms with E-state index < -0.39 is 42.3 Å². The number of fused-ring (bicyclic) bond motifs is 1. The minimum Gasteiger partial charge on any atom is -0.490 e. The van der Waals surface area contributed by atoms with Gasteiger partial charge in [-0.05, 0) is 67.5 Å². The van der Waals surface area contributed by atoms with Crippen molar-refractivity contribution in [3.05, 3.63) is 47.4 Å². The summed E-state index contributed by atoms with van der Waals surface area (Å²) in [5, 5.41) is 0. The standard InChI is InChI=1S/C33H44F5NO/c1-2-10-28(34)29(35)22-40-27-19-16-24(17-20-27)30-21-25-15-18-26(33(37,38)31(25)32(36)39-30)12-9-7-5-3-4-6-8-11-23-13-14-23/h16-17,19-21,23,26,28-29H,2-15,18,22H2,1H3. The molecule has 1 fully saturated rings. The van der Waals surface area contributed by atoms with Crippen LogP contribution in [0.2, 0.25) is 0 Å². The van der Waals surface area contributed by atoms with E-state index in [-0.39, 0.29) is 12.1 Å². The Morgan fingerprint density at radius 2 is 1.55 bits per heavy atom. The predicted molar refractivity (Wildman–Crippen MR) is 150 cm³/mol. The van der Waals surface area contributed by atoms with Gasteiger partial charge in [-0.1, -0.05) is 77.6 Å². The molecule has 1 aromatic carbocycles. The molecule has 3 unspecified atom stereocenters. The highest BCUT2D eigenvalue weighted by Crippen LogP contribution is 2.48. The van der Waals surface area contributed by atoms with Crippen LogP contribution >= 0.6 is 0 Å². The molecule has 2 nitrogen and oxygen atoms in total. The predicted octanol–water partition coefficient (Wildman–Crippen LogP) is 10.3. The molecule has 4 rings (SSSR count). The van der Waals surface area contributed by atoms with Crippen molar-refractivity contribution in [3.8, 4) is 17.0 Å². The number of alkyl halides is 4. The summed E-state index contributed by atoms with van der Waals surface area (Å²) in [6.45, 7) is 1.39. The van der Waals surface area contributed by atoms with Crippen LogP contribution in [0.3, 0.4) is 0 Å². The SMILES string of the molecule is CCCC(F)C(F)COc1ccc(-c2cc3c(c(F)n2)C(F)(F)C(CCCCCCCCCC2CC2)CC3)cc1. The summed E-state index contributed by atoms with van der Waals surface area (Å²) in [7, 11) is 0. The lowest BCUT2D eigenvalue weighted by molar-refractivity contribution is -0.0824. The third kappa shape index (κ3) is 8.42. The monoisotopic (exact) mass is 565 g/mol. The van der Waals surface area contributed by atoms with E-state index in [1.807, 2.05) is 0 Å². The molecule has 2 aliphatic carbocycles. The first kappa shape index (κ1) is 30.8. The second kappa shape index (κ2) is 14.6. The van der Waals surface area contributed by atoms with Gasteiger partial charge in [-0.3, -0.25) is 0 Å². The van der Waals surface area contributed by atoms with Crippen molar-refractivity contribution in [2.45, 2.75) is 122 Å². The van der Waals surface area contributed by atoms with Crippen molar-refractivity contribution in [3.63, 3.8) is 0 Å². The second-order valence-corrected chi connectivity index (χ2v) is 11.8. The van der Waals surface area contributed by atoms with Crippen molar-refractivity contribution in [2.24, 2.45) is 11.8 Å². The van der Waals surface area contributed by atoms with Crippen LogP contribution in [-0.4, -0.2) is 23.9 Å². The Morgan fingerprint density at radius 3 is 2.20 bits per heavy atom. The molecule has 1 aromatic heterocycles. The number of hydrogen-bond donors (Lipinski definition) is 0. The molecule has 0 radical (unpaired) electrons. The first-order chi connectivity index (χ1) is 19.3. The van der Waals surface area contributed by atoms with Crippen LogP contribution < -0.4 is 4.74 Å². The van der Waals surface area contributed by atoms with Gasteiger partial charge in [-0.25, -0.2) is 22.5 Å². The summed E-state index contributed by atoms with van der Waals surface area (Å²) in [6, 6.07) is 7.91. The second-order valence-electron chi connectivity index (χ2n) is 11.8. The first-order valence-electron chi connectivity index (χ1n) is 15.4. The van der Waals surface area contributed by atoms with Gasteiger partial charge in [0.05, 0.1) is 11.3 Å². The number of nitrogens with zero attached hydrogens (tertiary/aromatic N) is 1. The molecule has 1 saturated carbocycles. The lowest BCUT2D eigenvalue weighted by atomic mass is 9.78. The van der Waals surface area contributed by atoms with Crippen LogP contribution in [0, 0.1) is 17.8 Å². The molecular formula is C33H44F5NO. The van der Waals surface area contributed by atoms with Crippen LogP contribution in [0.4, 0.5) is 22.0 Å². The number of aryl methyl sites for hydroxylation is 1. The summed E-state index contributed by atoms with van der Waals surface area (Å²) in [6.07, 6.45) is 10.5. The topological polar surface area (TPSA) is 22.1 Å². The van der Waals surface area contributed by atoms with Gasteiger partial charge >= 0.3 is 0 Å². The summed E-state index contributed by atoms with van der Waals surface area (Å²) >= 11 is 0. The van der Waals surface area contributed by atoms with Gasteiger partial charge in [-0.15, -0.1) is 0 Å². The molecule has 0 aliphatic heterocycles. The minimum absolute atomic E-state index is 0.138. The number of rotatable bonds is 17. The molecule has 222 valence electrons. The molecule has 1 heterocycles. The third-order valence-corrected chi connectivity index (χ3v) is 8.54. The normalized spacial score (nSPS) is 19.7. The van der Waals surface area contributed by atoms with Crippen molar-refractivity contribution in [1.29, 1.82) is 0 Å². The van der Waals surface area contributed by atoms with Gasteiger partial charge in [0.1, 0.15) is 18.5 Å². The van der Waals surface area contributed by atoms with Gasteiger partial charge < -0.3 is 4.74 Å².